The van der Waals surface area contributed by atoms with Crippen molar-refractivity contribution >= 4 is 23.0 Å². The second-order valence-corrected chi connectivity index (χ2v) is 5.98. The quantitative estimate of drug-likeness (QED) is 0.816. The van der Waals surface area contributed by atoms with Crippen molar-refractivity contribution in [1.82, 2.24) is 0 Å². The van der Waals surface area contributed by atoms with E-state index in [0.717, 1.165) is 35.1 Å². The molecular weight excluding hydrogens is 238 g/mol. The first-order valence-electron chi connectivity index (χ1n) is 7.03. The summed E-state index contributed by atoms with van der Waals surface area (Å²) >= 11 is 0. The fourth-order valence-electron chi connectivity index (χ4n) is 2.70. The lowest BCUT2D eigenvalue weighted by Crippen LogP contribution is -2.33. The molecule has 0 aromatic heterocycles. The van der Waals surface area contributed by atoms with Gasteiger partial charge in [-0.05, 0) is 50.3 Å². The number of nitrogens with zero attached hydrogens (tertiary/aromatic N) is 1. The zero-order valence-corrected chi connectivity index (χ0v) is 11.6. The Hall–Kier alpha value is -1.71. The number of nitrogens with two attached hydrogens (primary N) is 1. The van der Waals surface area contributed by atoms with Crippen molar-refractivity contribution in [2.24, 2.45) is 5.92 Å². The molecule has 1 aromatic carbocycles. The predicted molar refractivity (Wildman–Crippen MR) is 78.4 cm³/mol. The van der Waals surface area contributed by atoms with E-state index in [0.29, 0.717) is 12.5 Å². The number of nitrogens with one attached hydrogen (secondary N) is 1. The van der Waals surface area contributed by atoms with Crippen LogP contribution in [0.4, 0.5) is 17.1 Å². The van der Waals surface area contributed by atoms with Crippen LogP contribution < -0.4 is 16.0 Å². The number of anilines is 3. The molecule has 4 nitrogen and oxygen atoms in total. The normalized spacial score (nSPS) is 17.5. The molecule has 0 radical (unpaired) electrons. The van der Waals surface area contributed by atoms with Crippen LogP contribution in [0.2, 0.25) is 0 Å². The van der Waals surface area contributed by atoms with Gasteiger partial charge < -0.3 is 16.0 Å². The molecule has 0 saturated heterocycles. The van der Waals surface area contributed by atoms with Crippen LogP contribution in [-0.2, 0) is 11.2 Å². The van der Waals surface area contributed by atoms with E-state index in [4.69, 9.17) is 5.73 Å². The Morgan fingerprint density at radius 1 is 1.42 bits per heavy atom. The fourth-order valence-corrected chi connectivity index (χ4v) is 2.70. The first kappa shape index (κ1) is 12.3. The number of fused-ring (bicyclic) bond motifs is 1. The summed E-state index contributed by atoms with van der Waals surface area (Å²) in [4.78, 5) is 13.8. The number of carbonyl (C=O) groups is 1. The molecule has 3 N–H and O–H groups in total. The van der Waals surface area contributed by atoms with Gasteiger partial charge in [0.25, 0.3) is 0 Å². The summed E-state index contributed by atoms with van der Waals surface area (Å²) in [6, 6.07) is 4.40. The third kappa shape index (κ3) is 2.39. The van der Waals surface area contributed by atoms with Crippen LogP contribution in [0.25, 0.3) is 0 Å². The topological polar surface area (TPSA) is 58.4 Å². The second-order valence-electron chi connectivity index (χ2n) is 5.98. The van der Waals surface area contributed by atoms with E-state index in [9.17, 15) is 4.79 Å². The molecule has 0 spiro atoms. The fraction of sp³-hybridized carbons (Fsp3) is 0.533. The summed E-state index contributed by atoms with van der Waals surface area (Å²) in [6.07, 6.45) is 3.10. The highest BCUT2D eigenvalue weighted by Gasteiger charge is 2.28. The summed E-state index contributed by atoms with van der Waals surface area (Å²) in [5.41, 5.74) is 9.98. The lowest BCUT2D eigenvalue weighted by molar-refractivity contribution is -0.115. The molecule has 1 aromatic rings. The first-order valence-corrected chi connectivity index (χ1v) is 7.03. The Morgan fingerprint density at radius 3 is 2.79 bits per heavy atom. The van der Waals surface area contributed by atoms with Gasteiger partial charge in [-0.15, -0.1) is 0 Å². The molecular formula is C15H21N3O. The molecule has 19 heavy (non-hydrogen) atoms. The van der Waals surface area contributed by atoms with Gasteiger partial charge in [-0.25, -0.2) is 0 Å². The van der Waals surface area contributed by atoms with Gasteiger partial charge in [0.1, 0.15) is 0 Å². The minimum Gasteiger partial charge on any atom is -0.397 e. The predicted octanol–water partition coefficient (Wildman–Crippen LogP) is 2.39. The Balaban J connectivity index is 1.94. The van der Waals surface area contributed by atoms with Crippen LogP contribution in [0.5, 0.6) is 0 Å². The number of rotatable bonds is 4. The van der Waals surface area contributed by atoms with Gasteiger partial charge in [-0.3, -0.25) is 4.79 Å². The first-order chi connectivity index (χ1) is 9.04. The van der Waals surface area contributed by atoms with Crippen molar-refractivity contribution in [2.45, 2.75) is 39.2 Å². The largest absolute Gasteiger partial charge is 0.397 e. The van der Waals surface area contributed by atoms with Crippen LogP contribution >= 0.6 is 0 Å². The van der Waals surface area contributed by atoms with Gasteiger partial charge in [-0.2, -0.15) is 0 Å². The van der Waals surface area contributed by atoms with Gasteiger partial charge in [-0.1, -0.05) is 0 Å². The molecule has 2 aliphatic rings. The monoisotopic (exact) mass is 259 g/mol. The number of benzene rings is 1. The van der Waals surface area contributed by atoms with Crippen molar-refractivity contribution < 1.29 is 4.79 Å². The van der Waals surface area contributed by atoms with Gasteiger partial charge >= 0.3 is 0 Å². The van der Waals surface area contributed by atoms with Crippen molar-refractivity contribution in [3.05, 3.63) is 17.7 Å². The summed E-state index contributed by atoms with van der Waals surface area (Å²) < 4.78 is 0. The Morgan fingerprint density at radius 2 is 2.16 bits per heavy atom. The van der Waals surface area contributed by atoms with Crippen LogP contribution in [0.3, 0.4) is 0 Å². The summed E-state index contributed by atoms with van der Waals surface area (Å²) in [6.45, 7) is 5.44. The van der Waals surface area contributed by atoms with Crippen molar-refractivity contribution in [1.29, 1.82) is 0 Å². The highest BCUT2D eigenvalue weighted by atomic mass is 16.1. The highest BCUT2D eigenvalue weighted by Crippen LogP contribution is 2.37. The molecule has 1 heterocycles. The van der Waals surface area contributed by atoms with E-state index in [1.165, 1.54) is 12.8 Å². The Bertz CT molecular complexity index is 520. The molecule has 0 unspecified atom stereocenters. The molecule has 0 atom stereocenters. The van der Waals surface area contributed by atoms with Gasteiger partial charge in [0.05, 0.1) is 17.8 Å². The van der Waals surface area contributed by atoms with Crippen LogP contribution in [-0.4, -0.2) is 18.5 Å². The zero-order chi connectivity index (χ0) is 13.6. The maximum Gasteiger partial charge on any atom is 0.228 e. The molecule has 1 fully saturated rings. The third-order valence-corrected chi connectivity index (χ3v) is 3.96. The molecule has 102 valence electrons. The SMILES string of the molecule is CC(C)N(CC1CC1)c1cc2c(cc1N)CC(=O)N2. The average Bonchev–Trinajstić information content (AvgIpc) is 3.07. The molecule has 3 rings (SSSR count). The average molecular weight is 259 g/mol. The van der Waals surface area contributed by atoms with E-state index < -0.39 is 0 Å². The molecule has 1 aliphatic heterocycles. The van der Waals surface area contributed by atoms with Crippen molar-refractivity contribution in [3.63, 3.8) is 0 Å². The van der Waals surface area contributed by atoms with E-state index >= 15 is 0 Å². The van der Waals surface area contributed by atoms with Crippen LogP contribution in [0.15, 0.2) is 12.1 Å². The standard InChI is InChI=1S/C15H21N3O/c1-9(2)18(8-10-3-4-10)14-7-13-11(5-12(14)16)6-15(19)17-13/h5,7,9-10H,3-4,6,8,16H2,1-2H3,(H,17,19). The van der Waals surface area contributed by atoms with Crippen LogP contribution in [0, 0.1) is 5.92 Å². The smallest absolute Gasteiger partial charge is 0.228 e. The lowest BCUT2D eigenvalue weighted by atomic mass is 10.1. The maximum absolute atomic E-state index is 11.4. The van der Waals surface area contributed by atoms with Gasteiger partial charge in [0, 0.05) is 18.3 Å². The van der Waals surface area contributed by atoms with E-state index in [2.05, 4.69) is 24.1 Å². The summed E-state index contributed by atoms with van der Waals surface area (Å²) in [5.74, 6) is 0.870. The molecule has 1 saturated carbocycles. The Labute approximate surface area is 114 Å². The van der Waals surface area contributed by atoms with E-state index in [1.54, 1.807) is 0 Å². The lowest BCUT2D eigenvalue weighted by Gasteiger charge is -2.30. The Kier molecular flexibility index (Phi) is 2.88. The zero-order valence-electron chi connectivity index (χ0n) is 11.6. The second kappa shape index (κ2) is 4.44. The van der Waals surface area contributed by atoms with Gasteiger partial charge in [0.2, 0.25) is 5.91 Å². The summed E-state index contributed by atoms with van der Waals surface area (Å²) in [5, 5.41) is 2.91. The molecule has 1 amide bonds. The van der Waals surface area contributed by atoms with Crippen molar-refractivity contribution in [3.8, 4) is 0 Å². The van der Waals surface area contributed by atoms with E-state index in [-0.39, 0.29) is 5.91 Å². The number of carbonyl (C=O) groups excluding carboxylic acids is 1. The molecule has 4 heteroatoms. The minimum atomic E-state index is 0.0600. The molecule has 1 aliphatic carbocycles. The highest BCUT2D eigenvalue weighted by molar-refractivity contribution is 6.00. The van der Waals surface area contributed by atoms with Gasteiger partial charge in [0.15, 0.2) is 0 Å². The molecule has 0 bridgehead atoms. The minimum absolute atomic E-state index is 0.0600. The van der Waals surface area contributed by atoms with E-state index in [1.807, 2.05) is 12.1 Å². The number of hydrogen-bond acceptors (Lipinski definition) is 3. The van der Waals surface area contributed by atoms with Crippen LogP contribution in [0.1, 0.15) is 32.3 Å². The number of nitrogen functional groups attached to an aromatic ring is 1. The maximum atomic E-state index is 11.4. The number of amides is 1. The summed E-state index contributed by atoms with van der Waals surface area (Å²) in [7, 11) is 0. The number of hydrogen-bond donors (Lipinski definition) is 2. The van der Waals surface area contributed by atoms with Crippen molar-refractivity contribution in [2.75, 3.05) is 22.5 Å². The third-order valence-electron chi connectivity index (χ3n) is 3.96.